The Morgan fingerprint density at radius 3 is 2.75 bits per heavy atom. The minimum atomic E-state index is 0.523. The molecule has 0 amide bonds. The van der Waals surface area contributed by atoms with E-state index in [0.29, 0.717) is 12.1 Å². The van der Waals surface area contributed by atoms with Crippen molar-refractivity contribution >= 4 is 0 Å². The summed E-state index contributed by atoms with van der Waals surface area (Å²) in [5.41, 5.74) is 2.86. The molecule has 1 fully saturated rings. The molecule has 3 nitrogen and oxygen atoms in total. The van der Waals surface area contributed by atoms with Crippen molar-refractivity contribution in [3.8, 4) is 0 Å². The predicted octanol–water partition coefficient (Wildman–Crippen LogP) is 2.80. The highest BCUT2D eigenvalue weighted by molar-refractivity contribution is 5.27. The van der Waals surface area contributed by atoms with Crippen LogP contribution in [0.4, 0.5) is 0 Å². The van der Waals surface area contributed by atoms with Crippen LogP contribution in [0, 0.1) is 0 Å². The van der Waals surface area contributed by atoms with Gasteiger partial charge in [0.25, 0.3) is 0 Å². The number of nitrogens with zero attached hydrogens (tertiary/aromatic N) is 1. The summed E-state index contributed by atoms with van der Waals surface area (Å²) in [7, 11) is 0. The van der Waals surface area contributed by atoms with Crippen molar-refractivity contribution in [2.45, 2.75) is 52.4 Å². The molecule has 1 N–H and O–H groups in total. The Kier molecular flexibility index (Phi) is 6.02. The van der Waals surface area contributed by atoms with E-state index in [1.807, 2.05) is 0 Å². The number of hydrogen-bond acceptors (Lipinski definition) is 3. The third-order valence-corrected chi connectivity index (χ3v) is 4.01. The first-order chi connectivity index (χ1) is 9.70. The van der Waals surface area contributed by atoms with Crippen molar-refractivity contribution in [2.75, 3.05) is 19.8 Å². The second kappa shape index (κ2) is 7.77. The molecule has 0 radical (unpaired) electrons. The summed E-state index contributed by atoms with van der Waals surface area (Å²) in [4.78, 5) is 2.57. The van der Waals surface area contributed by atoms with Crippen molar-refractivity contribution < 1.29 is 4.74 Å². The van der Waals surface area contributed by atoms with Gasteiger partial charge in [0.2, 0.25) is 0 Å². The Balaban J connectivity index is 2.03. The maximum absolute atomic E-state index is 5.60. The van der Waals surface area contributed by atoms with Gasteiger partial charge in [-0.1, -0.05) is 45.0 Å². The second-order valence-corrected chi connectivity index (χ2v) is 5.91. The zero-order chi connectivity index (χ0) is 14.4. The summed E-state index contributed by atoms with van der Waals surface area (Å²) >= 11 is 0. The first-order valence-corrected chi connectivity index (χ1v) is 7.82. The van der Waals surface area contributed by atoms with Crippen molar-refractivity contribution in [1.82, 2.24) is 10.2 Å². The normalized spacial score (nSPS) is 20.5. The van der Waals surface area contributed by atoms with E-state index in [1.54, 1.807) is 0 Å². The standard InChI is InChI=1S/C17H28N2O/c1-4-17-13-20-10-9-19(17)12-16-8-6-5-7-15(16)11-18-14(2)3/h5-8,14,17-18H,4,9-13H2,1-3H3. The topological polar surface area (TPSA) is 24.5 Å². The Morgan fingerprint density at radius 1 is 1.30 bits per heavy atom. The molecular formula is C17H28N2O. The number of nitrogens with one attached hydrogen (secondary N) is 1. The summed E-state index contributed by atoms with van der Waals surface area (Å²) in [5, 5.41) is 3.52. The quantitative estimate of drug-likeness (QED) is 0.864. The van der Waals surface area contributed by atoms with Crippen LogP contribution in [-0.4, -0.2) is 36.7 Å². The lowest BCUT2D eigenvalue weighted by atomic mass is 10.0. The smallest absolute Gasteiger partial charge is 0.0622 e. The van der Waals surface area contributed by atoms with Crippen LogP contribution in [0.25, 0.3) is 0 Å². The molecule has 1 heterocycles. The van der Waals surface area contributed by atoms with Gasteiger partial charge in [0, 0.05) is 31.7 Å². The molecule has 1 saturated heterocycles. The minimum absolute atomic E-state index is 0.523. The average molecular weight is 276 g/mol. The summed E-state index contributed by atoms with van der Waals surface area (Å²) in [6, 6.07) is 9.88. The van der Waals surface area contributed by atoms with Gasteiger partial charge in [-0.15, -0.1) is 0 Å². The zero-order valence-corrected chi connectivity index (χ0v) is 13.1. The largest absolute Gasteiger partial charge is 0.378 e. The van der Waals surface area contributed by atoms with Crippen molar-refractivity contribution in [1.29, 1.82) is 0 Å². The summed E-state index contributed by atoms with van der Waals surface area (Å²) in [6.45, 7) is 11.4. The zero-order valence-electron chi connectivity index (χ0n) is 13.1. The van der Waals surface area contributed by atoms with Crippen LogP contribution in [0.3, 0.4) is 0 Å². The second-order valence-electron chi connectivity index (χ2n) is 5.91. The molecule has 1 unspecified atom stereocenters. The van der Waals surface area contributed by atoms with E-state index in [2.05, 4.69) is 55.3 Å². The molecule has 0 bridgehead atoms. The van der Waals surface area contributed by atoms with E-state index >= 15 is 0 Å². The van der Waals surface area contributed by atoms with Crippen LogP contribution in [0.1, 0.15) is 38.3 Å². The molecule has 2 rings (SSSR count). The highest BCUT2D eigenvalue weighted by Gasteiger charge is 2.21. The van der Waals surface area contributed by atoms with Crippen LogP contribution in [0.15, 0.2) is 24.3 Å². The van der Waals surface area contributed by atoms with Gasteiger partial charge in [-0.05, 0) is 17.5 Å². The molecule has 0 saturated carbocycles. The fourth-order valence-corrected chi connectivity index (χ4v) is 2.69. The van der Waals surface area contributed by atoms with Gasteiger partial charge in [-0.2, -0.15) is 0 Å². The molecule has 1 aromatic carbocycles. The number of hydrogen-bond donors (Lipinski definition) is 1. The van der Waals surface area contributed by atoms with Crippen LogP contribution in [0.5, 0.6) is 0 Å². The molecule has 0 aromatic heterocycles. The Bertz CT molecular complexity index is 406. The number of morpholine rings is 1. The number of benzene rings is 1. The monoisotopic (exact) mass is 276 g/mol. The summed E-state index contributed by atoms with van der Waals surface area (Å²) in [6.07, 6.45) is 1.16. The summed E-state index contributed by atoms with van der Waals surface area (Å²) in [5.74, 6) is 0. The van der Waals surface area contributed by atoms with Crippen LogP contribution >= 0.6 is 0 Å². The SMILES string of the molecule is CCC1COCCN1Cc1ccccc1CNC(C)C. The van der Waals surface area contributed by atoms with E-state index in [-0.39, 0.29) is 0 Å². The van der Waals surface area contributed by atoms with Crippen LogP contribution < -0.4 is 5.32 Å². The highest BCUT2D eigenvalue weighted by Crippen LogP contribution is 2.17. The van der Waals surface area contributed by atoms with Gasteiger partial charge >= 0.3 is 0 Å². The van der Waals surface area contributed by atoms with Gasteiger partial charge in [-0.3, -0.25) is 4.90 Å². The molecule has 0 aliphatic carbocycles. The van der Waals surface area contributed by atoms with Gasteiger partial charge in [0.15, 0.2) is 0 Å². The van der Waals surface area contributed by atoms with Crippen LogP contribution in [0.2, 0.25) is 0 Å². The van der Waals surface area contributed by atoms with Gasteiger partial charge in [0.1, 0.15) is 0 Å². The average Bonchev–Trinajstić information content (AvgIpc) is 2.47. The third-order valence-electron chi connectivity index (χ3n) is 4.01. The fraction of sp³-hybridized carbons (Fsp3) is 0.647. The Hall–Kier alpha value is -0.900. The first kappa shape index (κ1) is 15.5. The van der Waals surface area contributed by atoms with E-state index in [0.717, 1.165) is 39.3 Å². The van der Waals surface area contributed by atoms with Crippen LogP contribution in [-0.2, 0) is 17.8 Å². The van der Waals surface area contributed by atoms with Gasteiger partial charge in [-0.25, -0.2) is 0 Å². The number of rotatable bonds is 6. The lowest BCUT2D eigenvalue weighted by Crippen LogP contribution is -2.44. The van der Waals surface area contributed by atoms with Gasteiger partial charge in [0.05, 0.1) is 13.2 Å². The lowest BCUT2D eigenvalue weighted by molar-refractivity contribution is -0.0128. The lowest BCUT2D eigenvalue weighted by Gasteiger charge is -2.35. The maximum Gasteiger partial charge on any atom is 0.0622 e. The van der Waals surface area contributed by atoms with Gasteiger partial charge < -0.3 is 10.1 Å². The molecular weight excluding hydrogens is 248 g/mol. The molecule has 20 heavy (non-hydrogen) atoms. The molecule has 1 atom stereocenters. The minimum Gasteiger partial charge on any atom is -0.378 e. The Labute approximate surface area is 123 Å². The predicted molar refractivity (Wildman–Crippen MR) is 83.7 cm³/mol. The van der Waals surface area contributed by atoms with E-state index in [9.17, 15) is 0 Å². The fourth-order valence-electron chi connectivity index (χ4n) is 2.69. The third kappa shape index (κ3) is 4.30. The van der Waals surface area contributed by atoms with Crippen molar-refractivity contribution in [3.63, 3.8) is 0 Å². The molecule has 3 heteroatoms. The van der Waals surface area contributed by atoms with E-state index in [4.69, 9.17) is 4.74 Å². The van der Waals surface area contributed by atoms with E-state index in [1.165, 1.54) is 11.1 Å². The maximum atomic E-state index is 5.60. The molecule has 1 aliphatic heterocycles. The van der Waals surface area contributed by atoms with Crippen molar-refractivity contribution in [3.05, 3.63) is 35.4 Å². The number of ether oxygens (including phenoxy) is 1. The van der Waals surface area contributed by atoms with E-state index < -0.39 is 0 Å². The molecule has 112 valence electrons. The molecule has 0 spiro atoms. The first-order valence-electron chi connectivity index (χ1n) is 7.82. The van der Waals surface area contributed by atoms with Crippen molar-refractivity contribution in [2.24, 2.45) is 0 Å². The molecule has 1 aliphatic rings. The summed E-state index contributed by atoms with van der Waals surface area (Å²) < 4.78 is 5.60. The Morgan fingerprint density at radius 2 is 2.05 bits per heavy atom. The highest BCUT2D eigenvalue weighted by atomic mass is 16.5. The molecule has 1 aromatic rings.